The van der Waals surface area contributed by atoms with Crippen LogP contribution in [-0.4, -0.2) is 48.6 Å². The van der Waals surface area contributed by atoms with Crippen molar-refractivity contribution in [2.45, 2.75) is 6.04 Å². The van der Waals surface area contributed by atoms with Gasteiger partial charge in [0.2, 0.25) is 0 Å². The Kier molecular flexibility index (Phi) is 5.51. The van der Waals surface area contributed by atoms with E-state index in [1.165, 1.54) is 12.1 Å². The highest BCUT2D eigenvalue weighted by Crippen LogP contribution is 2.21. The van der Waals surface area contributed by atoms with Crippen LogP contribution in [0, 0.1) is 5.82 Å². The summed E-state index contributed by atoms with van der Waals surface area (Å²) in [6.07, 6.45) is 3.18. The number of aromatic nitrogens is 1. The fourth-order valence-electron chi connectivity index (χ4n) is 2.83. The molecule has 1 aromatic heterocycles. The third-order valence-electron chi connectivity index (χ3n) is 4.14. The number of amides is 1. The van der Waals surface area contributed by atoms with Crippen LogP contribution in [0.4, 0.5) is 4.39 Å². The molecule has 0 aliphatic carbocycles. The Labute approximate surface area is 140 Å². The standard InChI is InChI=1S/C18H20FN3O2/c19-16-3-1-14(2-4-16)17(22-9-11-24-12-10-22)13-21-18(23)15-5-7-20-8-6-15/h1-8,17H,9-13H2,(H,21,23)/t17-/m0/s1. The molecule has 1 aliphatic rings. The minimum atomic E-state index is -0.264. The number of hydrogen-bond acceptors (Lipinski definition) is 4. The highest BCUT2D eigenvalue weighted by atomic mass is 19.1. The van der Waals surface area contributed by atoms with Crippen LogP contribution in [0.1, 0.15) is 22.0 Å². The molecule has 2 heterocycles. The molecule has 3 rings (SSSR count). The normalized spacial score (nSPS) is 16.5. The summed E-state index contributed by atoms with van der Waals surface area (Å²) in [6, 6.07) is 9.79. The Hall–Kier alpha value is -2.31. The van der Waals surface area contributed by atoms with Crippen molar-refractivity contribution in [3.63, 3.8) is 0 Å². The van der Waals surface area contributed by atoms with E-state index in [9.17, 15) is 9.18 Å². The summed E-state index contributed by atoms with van der Waals surface area (Å²) in [5.41, 5.74) is 1.55. The van der Waals surface area contributed by atoms with Gasteiger partial charge in [-0.2, -0.15) is 0 Å². The van der Waals surface area contributed by atoms with Gasteiger partial charge >= 0.3 is 0 Å². The van der Waals surface area contributed by atoms with Gasteiger partial charge in [-0.1, -0.05) is 12.1 Å². The Morgan fingerprint density at radius 1 is 1.17 bits per heavy atom. The van der Waals surface area contributed by atoms with Crippen molar-refractivity contribution in [3.05, 3.63) is 65.7 Å². The summed E-state index contributed by atoms with van der Waals surface area (Å²) in [5.74, 6) is -0.405. The number of carbonyl (C=O) groups excluding carboxylic acids is 1. The Balaban J connectivity index is 1.72. The number of nitrogens with zero attached hydrogens (tertiary/aromatic N) is 2. The molecule has 0 spiro atoms. The number of pyridine rings is 1. The zero-order valence-corrected chi connectivity index (χ0v) is 13.3. The van der Waals surface area contributed by atoms with Crippen molar-refractivity contribution in [1.29, 1.82) is 0 Å². The average molecular weight is 329 g/mol. The largest absolute Gasteiger partial charge is 0.379 e. The van der Waals surface area contributed by atoms with Crippen molar-refractivity contribution in [1.82, 2.24) is 15.2 Å². The van der Waals surface area contributed by atoms with Gasteiger partial charge in [0, 0.05) is 37.6 Å². The molecule has 2 aromatic rings. The van der Waals surface area contributed by atoms with Crippen LogP contribution in [0.5, 0.6) is 0 Å². The number of rotatable bonds is 5. The minimum absolute atomic E-state index is 0.0136. The van der Waals surface area contributed by atoms with E-state index in [0.717, 1.165) is 18.7 Å². The second-order valence-electron chi connectivity index (χ2n) is 5.66. The summed E-state index contributed by atoms with van der Waals surface area (Å²) in [7, 11) is 0. The molecule has 0 saturated carbocycles. The highest BCUT2D eigenvalue weighted by Gasteiger charge is 2.23. The van der Waals surface area contributed by atoms with Gasteiger partial charge in [0.1, 0.15) is 5.82 Å². The number of halogens is 1. The molecule has 1 fully saturated rings. The molecule has 6 heteroatoms. The third kappa shape index (κ3) is 4.15. The molecule has 1 amide bonds. The fourth-order valence-corrected chi connectivity index (χ4v) is 2.83. The number of morpholine rings is 1. The van der Waals surface area contributed by atoms with Gasteiger partial charge in [-0.15, -0.1) is 0 Å². The van der Waals surface area contributed by atoms with Crippen LogP contribution in [0.3, 0.4) is 0 Å². The maximum atomic E-state index is 13.2. The summed E-state index contributed by atoms with van der Waals surface area (Å²) in [6.45, 7) is 3.35. The topological polar surface area (TPSA) is 54.5 Å². The lowest BCUT2D eigenvalue weighted by molar-refractivity contribution is 0.0162. The van der Waals surface area contributed by atoms with E-state index < -0.39 is 0 Å². The number of benzene rings is 1. The first kappa shape index (κ1) is 16.5. The molecule has 1 aromatic carbocycles. The van der Waals surface area contributed by atoms with Crippen LogP contribution in [0.15, 0.2) is 48.8 Å². The molecule has 1 saturated heterocycles. The van der Waals surface area contributed by atoms with Crippen molar-refractivity contribution >= 4 is 5.91 Å². The van der Waals surface area contributed by atoms with E-state index in [0.29, 0.717) is 25.3 Å². The third-order valence-corrected chi connectivity index (χ3v) is 4.14. The van der Waals surface area contributed by atoms with Crippen LogP contribution in [0.25, 0.3) is 0 Å². The van der Waals surface area contributed by atoms with Gasteiger partial charge in [-0.25, -0.2) is 4.39 Å². The molecule has 1 aliphatic heterocycles. The van der Waals surface area contributed by atoms with Crippen LogP contribution < -0.4 is 5.32 Å². The summed E-state index contributed by atoms with van der Waals surface area (Å²) in [4.78, 5) is 18.4. The van der Waals surface area contributed by atoms with Crippen LogP contribution >= 0.6 is 0 Å². The zero-order chi connectivity index (χ0) is 16.8. The maximum Gasteiger partial charge on any atom is 0.251 e. The molecule has 0 radical (unpaired) electrons. The van der Waals surface area contributed by atoms with Crippen molar-refractivity contribution < 1.29 is 13.9 Å². The highest BCUT2D eigenvalue weighted by molar-refractivity contribution is 5.93. The summed E-state index contributed by atoms with van der Waals surface area (Å²) < 4.78 is 18.6. The zero-order valence-electron chi connectivity index (χ0n) is 13.3. The lowest BCUT2D eigenvalue weighted by Crippen LogP contribution is -2.43. The van der Waals surface area contributed by atoms with Gasteiger partial charge < -0.3 is 10.1 Å². The van der Waals surface area contributed by atoms with Crippen molar-refractivity contribution in [2.24, 2.45) is 0 Å². The quantitative estimate of drug-likeness (QED) is 0.912. The van der Waals surface area contributed by atoms with E-state index in [1.54, 1.807) is 36.7 Å². The molecule has 0 bridgehead atoms. The molecule has 1 N–H and O–H groups in total. The second-order valence-corrected chi connectivity index (χ2v) is 5.66. The van der Waals surface area contributed by atoms with Gasteiger partial charge in [0.15, 0.2) is 0 Å². The minimum Gasteiger partial charge on any atom is -0.379 e. The van der Waals surface area contributed by atoms with Crippen molar-refractivity contribution in [3.8, 4) is 0 Å². The molecular weight excluding hydrogens is 309 g/mol. The van der Waals surface area contributed by atoms with E-state index in [-0.39, 0.29) is 17.8 Å². The molecular formula is C18H20FN3O2. The maximum absolute atomic E-state index is 13.2. The lowest BCUT2D eigenvalue weighted by Gasteiger charge is -2.35. The SMILES string of the molecule is O=C(NC[C@@H](c1ccc(F)cc1)N1CCOCC1)c1ccncc1. The number of ether oxygens (including phenoxy) is 1. The van der Waals surface area contributed by atoms with E-state index in [2.05, 4.69) is 15.2 Å². The molecule has 126 valence electrons. The molecule has 1 atom stereocenters. The average Bonchev–Trinajstić information content (AvgIpc) is 2.65. The Bertz CT molecular complexity index is 658. The van der Waals surface area contributed by atoms with Gasteiger partial charge in [-0.3, -0.25) is 14.7 Å². The predicted molar refractivity (Wildman–Crippen MR) is 88.1 cm³/mol. The first-order chi connectivity index (χ1) is 11.7. The number of carbonyl (C=O) groups is 1. The Morgan fingerprint density at radius 2 is 1.83 bits per heavy atom. The first-order valence-corrected chi connectivity index (χ1v) is 7.99. The van der Waals surface area contributed by atoms with Crippen molar-refractivity contribution in [2.75, 3.05) is 32.8 Å². The predicted octanol–water partition coefficient (Wildman–Crippen LogP) is 2.02. The van der Waals surface area contributed by atoms with Gasteiger partial charge in [0.25, 0.3) is 5.91 Å². The molecule has 5 nitrogen and oxygen atoms in total. The molecule has 24 heavy (non-hydrogen) atoms. The summed E-state index contributed by atoms with van der Waals surface area (Å²) >= 11 is 0. The lowest BCUT2D eigenvalue weighted by atomic mass is 10.0. The fraction of sp³-hybridized carbons (Fsp3) is 0.333. The Morgan fingerprint density at radius 3 is 2.50 bits per heavy atom. The van der Waals surface area contributed by atoms with Gasteiger partial charge in [-0.05, 0) is 29.8 Å². The van der Waals surface area contributed by atoms with Crippen LogP contribution in [0.2, 0.25) is 0 Å². The monoisotopic (exact) mass is 329 g/mol. The van der Waals surface area contributed by atoms with Crippen LogP contribution in [-0.2, 0) is 4.74 Å². The first-order valence-electron chi connectivity index (χ1n) is 7.99. The smallest absolute Gasteiger partial charge is 0.251 e. The van der Waals surface area contributed by atoms with E-state index in [4.69, 9.17) is 4.74 Å². The van der Waals surface area contributed by atoms with E-state index >= 15 is 0 Å². The second kappa shape index (κ2) is 7.99. The van der Waals surface area contributed by atoms with Gasteiger partial charge in [0.05, 0.1) is 19.3 Å². The number of hydrogen-bond donors (Lipinski definition) is 1. The van der Waals surface area contributed by atoms with E-state index in [1.807, 2.05) is 0 Å². The summed E-state index contributed by atoms with van der Waals surface area (Å²) in [5, 5.41) is 2.97. The number of nitrogens with one attached hydrogen (secondary N) is 1. The molecule has 0 unspecified atom stereocenters.